The van der Waals surface area contributed by atoms with Crippen LogP contribution in [-0.4, -0.2) is 25.2 Å². The number of nitrogens with zero attached hydrogens (tertiary/aromatic N) is 3. The molecule has 0 N–H and O–H groups in total. The van der Waals surface area contributed by atoms with Crippen LogP contribution in [0.1, 0.15) is 25.3 Å². The third-order valence-corrected chi connectivity index (χ3v) is 4.27. The molecule has 1 aliphatic heterocycles. The molecule has 4 nitrogen and oxygen atoms in total. The third kappa shape index (κ3) is 2.52. The number of aromatic nitrogens is 1. The third-order valence-electron chi connectivity index (χ3n) is 4.27. The summed E-state index contributed by atoms with van der Waals surface area (Å²) < 4.78 is 5.26. The van der Waals surface area contributed by atoms with E-state index in [1.54, 1.807) is 13.3 Å². The smallest absolute Gasteiger partial charge is 0.121 e. The Hall–Kier alpha value is -2.28. The van der Waals surface area contributed by atoms with Gasteiger partial charge in [-0.25, -0.2) is 0 Å². The molecule has 0 amide bonds. The van der Waals surface area contributed by atoms with Crippen LogP contribution in [0.3, 0.4) is 0 Å². The first-order valence-electron chi connectivity index (χ1n) is 7.34. The van der Waals surface area contributed by atoms with Crippen LogP contribution in [0.5, 0.6) is 5.75 Å². The van der Waals surface area contributed by atoms with E-state index in [1.807, 2.05) is 18.2 Å². The van der Waals surface area contributed by atoms with E-state index in [1.165, 1.54) is 12.8 Å². The minimum atomic E-state index is 0.655. The summed E-state index contributed by atoms with van der Waals surface area (Å²) in [5.74, 6) is 1.55. The number of benzene rings is 1. The highest BCUT2D eigenvalue weighted by Crippen LogP contribution is 2.33. The number of fused-ring (bicyclic) bond motifs is 1. The van der Waals surface area contributed by atoms with E-state index in [4.69, 9.17) is 4.74 Å². The first kappa shape index (κ1) is 13.7. The van der Waals surface area contributed by atoms with Crippen molar-refractivity contribution >= 4 is 16.6 Å². The normalized spacial score (nSPS) is 16.0. The van der Waals surface area contributed by atoms with E-state index in [9.17, 15) is 5.26 Å². The summed E-state index contributed by atoms with van der Waals surface area (Å²) in [5.41, 5.74) is 2.56. The second-order valence-corrected chi connectivity index (χ2v) is 5.68. The van der Waals surface area contributed by atoms with Crippen molar-refractivity contribution in [3.8, 4) is 11.8 Å². The molecule has 0 saturated carbocycles. The minimum absolute atomic E-state index is 0.655. The molecule has 0 aliphatic carbocycles. The van der Waals surface area contributed by atoms with Crippen LogP contribution < -0.4 is 9.64 Å². The Morgan fingerprint density at radius 2 is 2.10 bits per heavy atom. The summed E-state index contributed by atoms with van der Waals surface area (Å²) in [4.78, 5) is 6.73. The number of anilines is 1. The molecular formula is C17H19N3O. The summed E-state index contributed by atoms with van der Waals surface area (Å²) in [6.07, 6.45) is 4.02. The second kappa shape index (κ2) is 5.61. The number of methoxy groups -OCH3 is 1. The predicted octanol–water partition coefficient (Wildman–Crippen LogP) is 3.35. The highest BCUT2D eigenvalue weighted by atomic mass is 16.5. The van der Waals surface area contributed by atoms with Crippen molar-refractivity contribution in [2.45, 2.75) is 19.8 Å². The van der Waals surface area contributed by atoms with Gasteiger partial charge in [0, 0.05) is 30.7 Å². The van der Waals surface area contributed by atoms with Gasteiger partial charge in [-0.15, -0.1) is 0 Å². The summed E-state index contributed by atoms with van der Waals surface area (Å²) >= 11 is 0. The molecule has 0 spiro atoms. The monoisotopic (exact) mass is 281 g/mol. The molecule has 0 bridgehead atoms. The molecule has 108 valence electrons. The van der Waals surface area contributed by atoms with Crippen LogP contribution in [0.4, 0.5) is 5.69 Å². The van der Waals surface area contributed by atoms with Gasteiger partial charge >= 0.3 is 0 Å². The zero-order chi connectivity index (χ0) is 14.8. The standard InChI is InChI=1S/C17H19N3O/c1-12-5-7-20(8-6-12)17-13(10-18)11-19-16-9-14(21-2)3-4-15(16)17/h3-4,9,11-12H,5-8H2,1-2H3. The van der Waals surface area contributed by atoms with Gasteiger partial charge in [0.1, 0.15) is 11.8 Å². The fourth-order valence-corrected chi connectivity index (χ4v) is 2.94. The van der Waals surface area contributed by atoms with Gasteiger partial charge in [-0.05, 0) is 30.9 Å². The lowest BCUT2D eigenvalue weighted by Gasteiger charge is -2.33. The van der Waals surface area contributed by atoms with Gasteiger partial charge in [0.2, 0.25) is 0 Å². The van der Waals surface area contributed by atoms with Crippen LogP contribution in [0.15, 0.2) is 24.4 Å². The van der Waals surface area contributed by atoms with Crippen LogP contribution in [0, 0.1) is 17.2 Å². The van der Waals surface area contributed by atoms with E-state index in [2.05, 4.69) is 22.9 Å². The highest BCUT2D eigenvalue weighted by molar-refractivity contribution is 5.95. The fourth-order valence-electron chi connectivity index (χ4n) is 2.94. The largest absolute Gasteiger partial charge is 0.497 e. The van der Waals surface area contributed by atoms with Gasteiger partial charge < -0.3 is 9.64 Å². The van der Waals surface area contributed by atoms with E-state index >= 15 is 0 Å². The molecule has 1 saturated heterocycles. The number of piperidine rings is 1. The van der Waals surface area contributed by atoms with Gasteiger partial charge in [0.05, 0.1) is 23.9 Å². The molecule has 4 heteroatoms. The molecule has 21 heavy (non-hydrogen) atoms. The van der Waals surface area contributed by atoms with Gasteiger partial charge in [-0.1, -0.05) is 6.92 Å². The van der Waals surface area contributed by atoms with Gasteiger partial charge in [0.15, 0.2) is 0 Å². The molecular weight excluding hydrogens is 262 g/mol. The maximum Gasteiger partial charge on any atom is 0.121 e. The van der Waals surface area contributed by atoms with Crippen LogP contribution in [0.2, 0.25) is 0 Å². The van der Waals surface area contributed by atoms with Crippen molar-refractivity contribution in [1.29, 1.82) is 5.26 Å². The number of hydrogen-bond acceptors (Lipinski definition) is 4. The molecule has 3 rings (SSSR count). The second-order valence-electron chi connectivity index (χ2n) is 5.68. The maximum atomic E-state index is 9.42. The van der Waals surface area contributed by atoms with Crippen molar-refractivity contribution in [1.82, 2.24) is 4.98 Å². The Morgan fingerprint density at radius 1 is 1.33 bits per heavy atom. The Labute approximate surface area is 125 Å². The SMILES string of the molecule is COc1ccc2c(N3CCC(C)CC3)c(C#N)cnc2c1. The van der Waals surface area contributed by atoms with Crippen molar-refractivity contribution in [3.05, 3.63) is 30.0 Å². The van der Waals surface area contributed by atoms with Crippen molar-refractivity contribution < 1.29 is 4.74 Å². The molecule has 2 heterocycles. The Morgan fingerprint density at radius 3 is 2.76 bits per heavy atom. The fraction of sp³-hybridized carbons (Fsp3) is 0.412. The molecule has 0 radical (unpaired) electrons. The Kier molecular flexibility index (Phi) is 3.66. The molecule has 1 aromatic carbocycles. The van der Waals surface area contributed by atoms with E-state index in [0.717, 1.165) is 41.3 Å². The van der Waals surface area contributed by atoms with E-state index in [-0.39, 0.29) is 0 Å². The topological polar surface area (TPSA) is 49.1 Å². The van der Waals surface area contributed by atoms with Crippen molar-refractivity contribution in [3.63, 3.8) is 0 Å². The predicted molar refractivity (Wildman–Crippen MR) is 83.6 cm³/mol. The number of nitriles is 1. The minimum Gasteiger partial charge on any atom is -0.497 e. The Balaban J connectivity index is 2.12. The summed E-state index contributed by atoms with van der Waals surface area (Å²) in [5, 5.41) is 10.5. The molecule has 1 aliphatic rings. The van der Waals surface area contributed by atoms with Gasteiger partial charge in [0.25, 0.3) is 0 Å². The number of hydrogen-bond donors (Lipinski definition) is 0. The van der Waals surface area contributed by atoms with E-state index in [0.29, 0.717) is 5.56 Å². The molecule has 0 atom stereocenters. The molecule has 0 unspecified atom stereocenters. The lowest BCUT2D eigenvalue weighted by atomic mass is 9.97. The molecule has 1 aromatic heterocycles. The van der Waals surface area contributed by atoms with Crippen LogP contribution in [0.25, 0.3) is 10.9 Å². The van der Waals surface area contributed by atoms with Gasteiger partial charge in [-0.3, -0.25) is 4.98 Å². The number of pyridine rings is 1. The molecule has 2 aromatic rings. The first-order valence-corrected chi connectivity index (χ1v) is 7.34. The average molecular weight is 281 g/mol. The van der Waals surface area contributed by atoms with Crippen molar-refractivity contribution in [2.24, 2.45) is 5.92 Å². The van der Waals surface area contributed by atoms with Crippen molar-refractivity contribution in [2.75, 3.05) is 25.1 Å². The van der Waals surface area contributed by atoms with E-state index < -0.39 is 0 Å². The summed E-state index contributed by atoms with van der Waals surface area (Å²) in [6.45, 7) is 4.29. The number of rotatable bonds is 2. The highest BCUT2D eigenvalue weighted by Gasteiger charge is 2.21. The van der Waals surface area contributed by atoms with Gasteiger partial charge in [-0.2, -0.15) is 5.26 Å². The first-order chi connectivity index (χ1) is 10.2. The van der Waals surface area contributed by atoms with Crippen LogP contribution in [-0.2, 0) is 0 Å². The lowest BCUT2D eigenvalue weighted by Crippen LogP contribution is -2.33. The zero-order valence-electron chi connectivity index (χ0n) is 12.5. The average Bonchev–Trinajstić information content (AvgIpc) is 2.54. The summed E-state index contributed by atoms with van der Waals surface area (Å²) in [6, 6.07) is 8.15. The van der Waals surface area contributed by atoms with Crippen LogP contribution >= 0.6 is 0 Å². The summed E-state index contributed by atoms with van der Waals surface area (Å²) in [7, 11) is 1.65. The zero-order valence-corrected chi connectivity index (χ0v) is 12.5. The lowest BCUT2D eigenvalue weighted by molar-refractivity contribution is 0.415. The quantitative estimate of drug-likeness (QED) is 0.847. The number of ether oxygens (including phenoxy) is 1. The molecule has 1 fully saturated rings. The maximum absolute atomic E-state index is 9.42. The Bertz CT molecular complexity index is 697.